The Labute approximate surface area is 323 Å². The number of nitrogens with zero attached hydrogens (tertiary/aromatic N) is 1. The largest absolute Gasteiger partial charge is 0.504 e. The second-order valence-electron chi connectivity index (χ2n) is 15.7. The zero-order valence-corrected chi connectivity index (χ0v) is 32.3. The molecule has 3 N–H and O–H groups in total. The van der Waals surface area contributed by atoms with Gasteiger partial charge < -0.3 is 43.6 Å². The van der Waals surface area contributed by atoms with E-state index in [1.807, 2.05) is 0 Å². The average Bonchev–Trinajstić information content (AvgIpc) is 3.90. The number of rotatable bonds is 5. The lowest BCUT2D eigenvalue weighted by Crippen LogP contribution is -2.59. The Balaban J connectivity index is 1.17. The number of carbonyl (C=O) groups excluding carboxylic acids is 2. The fourth-order valence-electron chi connectivity index (χ4n) is 11.0. The first-order valence-electron chi connectivity index (χ1n) is 19.0. The van der Waals surface area contributed by atoms with E-state index in [1.54, 1.807) is 26.4 Å². The van der Waals surface area contributed by atoms with Crippen molar-refractivity contribution in [2.75, 3.05) is 60.1 Å². The van der Waals surface area contributed by atoms with Gasteiger partial charge in [0.1, 0.15) is 5.75 Å². The summed E-state index contributed by atoms with van der Waals surface area (Å²) in [6, 6.07) is 8.20. The number of carbonyl (C=O) groups is 2. The number of phenols is 1. The van der Waals surface area contributed by atoms with Gasteiger partial charge in [-0.25, -0.2) is 4.79 Å². The number of piperazine rings is 1. The number of cyclic esters (lactones) is 1. The summed E-state index contributed by atoms with van der Waals surface area (Å²) in [7, 11) is 4.77. The third-order valence-corrected chi connectivity index (χ3v) is 14.7. The minimum absolute atomic E-state index is 0.0204. The monoisotopic (exact) mass is 771 g/mol. The maximum absolute atomic E-state index is 14.5. The number of hydrogen-bond donors (Lipinski definition) is 3. The lowest BCUT2D eigenvalue weighted by molar-refractivity contribution is -0.149. The Hall–Kier alpha value is -4.37. The smallest absolute Gasteiger partial charge is 0.341 e. The highest BCUT2D eigenvalue weighted by atomic mass is 32.2. The Morgan fingerprint density at radius 2 is 1.82 bits per heavy atom. The van der Waals surface area contributed by atoms with Crippen LogP contribution >= 0.6 is 11.8 Å². The number of ether oxygens (including phenoxy) is 7. The van der Waals surface area contributed by atoms with Gasteiger partial charge in [-0.05, 0) is 72.1 Å². The predicted octanol–water partition coefficient (Wildman–Crippen LogP) is 4.35. The second kappa shape index (κ2) is 12.8. The van der Waals surface area contributed by atoms with Crippen molar-refractivity contribution in [2.45, 2.75) is 67.4 Å². The molecule has 14 heteroatoms. The van der Waals surface area contributed by atoms with E-state index in [4.69, 9.17) is 33.2 Å². The van der Waals surface area contributed by atoms with Crippen LogP contribution in [0.3, 0.4) is 0 Å². The van der Waals surface area contributed by atoms with Crippen molar-refractivity contribution in [3.05, 3.63) is 63.2 Å². The standard InChI is InChI=1S/C41H45N3O10S/c1-18-8-23-21-9-22-13-42-34(35(44(22)14-21)24(23)11-29(18)48-3)31-26-16-55-41(27-12-30(49-4)28(46)10-20(27)6-7-43-41)40(47)51-15-25(26)32-33(31)37(54-19(2)45)38(50-5)39-36(32)52-17-53-39/h8,10-12,21-22,25-26,31,34-35,42-43,46H,6-7,9,13-17H2,1-5H3/t21?,22?,25?,26?,31-,34?,35?,41-/m1/s1. The summed E-state index contributed by atoms with van der Waals surface area (Å²) in [6.45, 7) is 5.84. The first-order chi connectivity index (χ1) is 26.7. The zero-order chi connectivity index (χ0) is 37.9. The molecule has 13 nitrogen and oxygen atoms in total. The Bertz CT molecular complexity index is 2150. The molecule has 3 aromatic carbocycles. The lowest BCUT2D eigenvalue weighted by atomic mass is 9.75. The molecule has 1 spiro atoms. The third-order valence-electron chi connectivity index (χ3n) is 13.2. The van der Waals surface area contributed by atoms with Crippen LogP contribution in [-0.2, 0) is 25.6 Å². The maximum atomic E-state index is 14.5. The Kier molecular flexibility index (Phi) is 8.18. The number of methoxy groups -OCH3 is 3. The summed E-state index contributed by atoms with van der Waals surface area (Å²) < 4.78 is 42.3. The molecule has 10 rings (SSSR count). The lowest BCUT2D eigenvalue weighted by Gasteiger charge is -2.50. The highest BCUT2D eigenvalue weighted by Crippen LogP contribution is 2.66. The van der Waals surface area contributed by atoms with E-state index in [0.717, 1.165) is 53.1 Å². The van der Waals surface area contributed by atoms with Crippen LogP contribution in [0.5, 0.6) is 40.2 Å². The van der Waals surface area contributed by atoms with Gasteiger partial charge in [0.15, 0.2) is 27.9 Å². The number of thioether (sulfide) groups is 1. The van der Waals surface area contributed by atoms with E-state index in [0.29, 0.717) is 59.4 Å². The Morgan fingerprint density at radius 1 is 1.00 bits per heavy atom. The minimum atomic E-state index is -1.24. The highest BCUT2D eigenvalue weighted by Gasteiger charge is 2.59. The van der Waals surface area contributed by atoms with Gasteiger partial charge in [-0.3, -0.25) is 15.0 Å². The highest BCUT2D eigenvalue weighted by molar-refractivity contribution is 8.00. The molecule has 6 aliphatic heterocycles. The van der Waals surface area contributed by atoms with Gasteiger partial charge in [-0.1, -0.05) is 6.07 Å². The van der Waals surface area contributed by atoms with Gasteiger partial charge in [0.2, 0.25) is 18.3 Å². The molecule has 7 aliphatic rings. The van der Waals surface area contributed by atoms with Crippen LogP contribution in [0.4, 0.5) is 0 Å². The minimum Gasteiger partial charge on any atom is -0.504 e. The summed E-state index contributed by atoms with van der Waals surface area (Å²) in [6.07, 6.45) is 1.71. The molecule has 6 heterocycles. The van der Waals surface area contributed by atoms with Gasteiger partial charge >= 0.3 is 11.9 Å². The SMILES string of the molecule is COc1cc2c(cc1C)C1CC3CNC([C@H]4c5c(OC(C)=O)c(OC)c6c(c5C5COC(=O)[C@]7(NCCc8cc(O)c(OC)cc87)SCC54)OCO6)C2N3C1. The molecule has 0 saturated carbocycles. The number of nitrogens with one attached hydrogen (secondary N) is 2. The van der Waals surface area contributed by atoms with Crippen molar-refractivity contribution in [2.24, 2.45) is 5.92 Å². The molecule has 3 aromatic rings. The van der Waals surface area contributed by atoms with Crippen LogP contribution in [0.1, 0.15) is 76.1 Å². The molecule has 0 aromatic heterocycles. The van der Waals surface area contributed by atoms with Crippen molar-refractivity contribution in [1.82, 2.24) is 15.5 Å². The summed E-state index contributed by atoms with van der Waals surface area (Å²) in [5.74, 6) is 2.10. The molecule has 290 valence electrons. The van der Waals surface area contributed by atoms with Crippen molar-refractivity contribution in [1.29, 1.82) is 0 Å². The van der Waals surface area contributed by atoms with E-state index in [2.05, 4.69) is 34.6 Å². The average molecular weight is 772 g/mol. The molecule has 3 fully saturated rings. The van der Waals surface area contributed by atoms with Crippen LogP contribution in [0, 0.1) is 12.8 Å². The number of benzene rings is 3. The topological polar surface area (TPSA) is 146 Å². The summed E-state index contributed by atoms with van der Waals surface area (Å²) in [5, 5.41) is 18.3. The van der Waals surface area contributed by atoms with Crippen LogP contribution in [0.25, 0.3) is 0 Å². The summed E-state index contributed by atoms with van der Waals surface area (Å²) in [4.78, 5) is 28.9. The van der Waals surface area contributed by atoms with Crippen LogP contribution < -0.4 is 39.1 Å². The summed E-state index contributed by atoms with van der Waals surface area (Å²) in [5.41, 5.74) is 6.97. The first-order valence-corrected chi connectivity index (χ1v) is 20.0. The van der Waals surface area contributed by atoms with E-state index in [9.17, 15) is 14.7 Å². The fourth-order valence-corrected chi connectivity index (χ4v) is 12.6. The summed E-state index contributed by atoms with van der Waals surface area (Å²) >= 11 is 1.51. The van der Waals surface area contributed by atoms with Gasteiger partial charge in [0.25, 0.3) is 0 Å². The number of esters is 2. The zero-order valence-electron chi connectivity index (χ0n) is 31.5. The fraction of sp³-hybridized carbons (Fsp3) is 0.512. The van der Waals surface area contributed by atoms with Gasteiger partial charge in [0.05, 0.1) is 34.0 Å². The molecule has 0 radical (unpaired) electrons. The van der Waals surface area contributed by atoms with Gasteiger partial charge in [0, 0.05) is 72.9 Å². The third kappa shape index (κ3) is 4.96. The molecule has 2 bridgehead atoms. The number of aromatic hydroxyl groups is 1. The quantitative estimate of drug-likeness (QED) is 0.250. The first kappa shape index (κ1) is 35.1. The van der Waals surface area contributed by atoms with Crippen LogP contribution in [0.2, 0.25) is 0 Å². The molecule has 8 atom stereocenters. The van der Waals surface area contributed by atoms with Gasteiger partial charge in [-0.2, -0.15) is 0 Å². The van der Waals surface area contributed by atoms with Gasteiger partial charge in [-0.15, -0.1) is 11.8 Å². The molecule has 3 saturated heterocycles. The molecule has 55 heavy (non-hydrogen) atoms. The van der Waals surface area contributed by atoms with E-state index in [1.165, 1.54) is 36.9 Å². The van der Waals surface area contributed by atoms with Crippen molar-refractivity contribution in [3.8, 4) is 40.2 Å². The van der Waals surface area contributed by atoms with E-state index < -0.39 is 16.8 Å². The number of fused-ring (bicyclic) bond motifs is 11. The number of hydrogen-bond acceptors (Lipinski definition) is 14. The normalized spacial score (nSPS) is 31.0. The number of phenolic OH excluding ortho intramolecular Hbond substituents is 1. The van der Waals surface area contributed by atoms with Crippen LogP contribution in [-0.4, -0.2) is 94.1 Å². The van der Waals surface area contributed by atoms with Crippen molar-refractivity contribution >= 4 is 23.7 Å². The molecule has 1 aliphatic carbocycles. The maximum Gasteiger partial charge on any atom is 0.341 e. The molecular weight excluding hydrogens is 727 g/mol. The van der Waals surface area contributed by atoms with Crippen LogP contribution in [0.15, 0.2) is 24.3 Å². The molecular formula is C41H45N3O10S. The molecule has 0 amide bonds. The molecule has 6 unspecified atom stereocenters. The number of aryl methyl sites for hydroxylation is 1. The van der Waals surface area contributed by atoms with E-state index >= 15 is 0 Å². The Morgan fingerprint density at radius 3 is 2.60 bits per heavy atom. The van der Waals surface area contributed by atoms with E-state index in [-0.39, 0.29) is 49.0 Å². The second-order valence-corrected chi connectivity index (χ2v) is 16.9. The van der Waals surface area contributed by atoms with Crippen molar-refractivity contribution in [3.63, 3.8) is 0 Å². The predicted molar refractivity (Wildman–Crippen MR) is 201 cm³/mol. The van der Waals surface area contributed by atoms with Crippen molar-refractivity contribution < 1.29 is 47.9 Å².